The maximum atomic E-state index is 5.93. The molecule has 1 aliphatic rings. The predicted molar refractivity (Wildman–Crippen MR) is 93.3 cm³/mol. The lowest BCUT2D eigenvalue weighted by Crippen LogP contribution is -2.24. The summed E-state index contributed by atoms with van der Waals surface area (Å²) in [5, 5.41) is 3.68. The van der Waals surface area contributed by atoms with Crippen molar-refractivity contribution < 1.29 is 4.74 Å². The first-order valence-electron chi connectivity index (χ1n) is 8.26. The zero-order valence-corrected chi connectivity index (χ0v) is 14.4. The molecule has 1 aromatic rings. The minimum Gasteiger partial charge on any atom is -0.490 e. The van der Waals surface area contributed by atoms with Gasteiger partial charge in [-0.05, 0) is 55.2 Å². The van der Waals surface area contributed by atoms with E-state index in [1.807, 2.05) is 11.8 Å². The number of hydrogen-bond donors (Lipinski definition) is 1. The molecule has 1 fully saturated rings. The van der Waals surface area contributed by atoms with E-state index in [2.05, 4.69) is 50.4 Å². The van der Waals surface area contributed by atoms with Crippen LogP contribution in [0.5, 0.6) is 5.75 Å². The van der Waals surface area contributed by atoms with Crippen LogP contribution in [0.3, 0.4) is 0 Å². The Bertz CT molecular complexity index is 417. The van der Waals surface area contributed by atoms with Gasteiger partial charge in [-0.1, -0.05) is 32.9 Å². The average Bonchev–Trinajstić information content (AvgIpc) is 3.26. The minimum atomic E-state index is 0.427. The molecule has 21 heavy (non-hydrogen) atoms. The van der Waals surface area contributed by atoms with Crippen molar-refractivity contribution in [3.63, 3.8) is 0 Å². The first-order chi connectivity index (χ1) is 10.2. The van der Waals surface area contributed by atoms with Crippen molar-refractivity contribution in [2.75, 3.05) is 18.1 Å². The first-order valence-corrected chi connectivity index (χ1v) is 9.42. The van der Waals surface area contributed by atoms with E-state index in [1.165, 1.54) is 30.6 Å². The molecule has 0 amide bonds. The number of rotatable bonds is 10. The topological polar surface area (TPSA) is 21.3 Å². The summed E-state index contributed by atoms with van der Waals surface area (Å²) in [6.07, 6.45) is 4.07. The molecule has 2 rings (SSSR count). The third-order valence-electron chi connectivity index (χ3n) is 3.46. The van der Waals surface area contributed by atoms with Gasteiger partial charge in [0.25, 0.3) is 0 Å². The smallest absolute Gasteiger partial charge is 0.120 e. The summed E-state index contributed by atoms with van der Waals surface area (Å²) in [7, 11) is 0. The van der Waals surface area contributed by atoms with E-state index >= 15 is 0 Å². The van der Waals surface area contributed by atoms with Crippen LogP contribution in [0.25, 0.3) is 0 Å². The van der Waals surface area contributed by atoms with Crippen molar-refractivity contribution >= 4 is 11.8 Å². The van der Waals surface area contributed by atoms with Gasteiger partial charge in [0.1, 0.15) is 5.75 Å². The van der Waals surface area contributed by atoms with E-state index in [-0.39, 0.29) is 0 Å². The van der Waals surface area contributed by atoms with Crippen LogP contribution in [-0.2, 0) is 0 Å². The number of hydrogen-bond acceptors (Lipinski definition) is 3. The molecule has 1 N–H and O–H groups in total. The summed E-state index contributed by atoms with van der Waals surface area (Å²) in [5.41, 5.74) is 1.36. The Kier molecular flexibility index (Phi) is 6.91. The molecule has 1 unspecified atom stereocenters. The molecular weight excluding hydrogens is 278 g/mol. The third kappa shape index (κ3) is 6.31. The summed E-state index contributed by atoms with van der Waals surface area (Å²) in [6.45, 7) is 7.86. The fourth-order valence-electron chi connectivity index (χ4n) is 2.20. The summed E-state index contributed by atoms with van der Waals surface area (Å²) in [6, 6.07) is 9.09. The lowest BCUT2D eigenvalue weighted by Gasteiger charge is -2.20. The summed E-state index contributed by atoms with van der Waals surface area (Å²) >= 11 is 2.04. The first kappa shape index (κ1) is 16.7. The molecule has 0 aromatic heterocycles. The lowest BCUT2D eigenvalue weighted by molar-refractivity contribution is 0.302. The van der Waals surface area contributed by atoms with E-state index in [0.717, 1.165) is 24.0 Å². The Morgan fingerprint density at radius 3 is 2.76 bits per heavy atom. The van der Waals surface area contributed by atoms with Crippen molar-refractivity contribution in [1.82, 2.24) is 5.32 Å². The molecule has 0 heterocycles. The maximum Gasteiger partial charge on any atom is 0.120 e. The Hall–Kier alpha value is -0.670. The zero-order chi connectivity index (χ0) is 15.1. The van der Waals surface area contributed by atoms with Crippen LogP contribution < -0.4 is 10.1 Å². The molecule has 0 saturated heterocycles. The molecule has 3 heteroatoms. The fraction of sp³-hybridized carbons (Fsp3) is 0.667. The number of ether oxygens (including phenoxy) is 1. The fourth-order valence-corrected chi connectivity index (χ4v) is 3.35. The molecule has 118 valence electrons. The van der Waals surface area contributed by atoms with Crippen molar-refractivity contribution in [2.45, 2.75) is 52.2 Å². The van der Waals surface area contributed by atoms with Gasteiger partial charge in [0, 0.05) is 11.8 Å². The van der Waals surface area contributed by atoms with Gasteiger partial charge in [-0.15, -0.1) is 0 Å². The van der Waals surface area contributed by atoms with Crippen molar-refractivity contribution in [2.24, 2.45) is 5.92 Å². The number of thioether (sulfide) groups is 1. The molecule has 0 bridgehead atoms. The normalized spacial score (nSPS) is 16.2. The van der Waals surface area contributed by atoms with Gasteiger partial charge in [0.05, 0.1) is 6.10 Å². The largest absolute Gasteiger partial charge is 0.490 e. The standard InChI is InChI=1S/C18H29NOS/c1-4-10-19-18(13-21-12-14(2)3)15-6-5-7-17(11-15)20-16-8-9-16/h5-7,11,14,16,18-19H,4,8-10,12-13H2,1-3H3. The Morgan fingerprint density at radius 2 is 2.10 bits per heavy atom. The van der Waals surface area contributed by atoms with Crippen LogP contribution >= 0.6 is 11.8 Å². The van der Waals surface area contributed by atoms with Crippen LogP contribution in [0, 0.1) is 5.92 Å². The summed E-state index contributed by atoms with van der Waals surface area (Å²) in [5.74, 6) is 4.15. The van der Waals surface area contributed by atoms with Crippen molar-refractivity contribution in [1.29, 1.82) is 0 Å². The van der Waals surface area contributed by atoms with Gasteiger partial charge in [-0.3, -0.25) is 0 Å². The Labute approximate surface area is 134 Å². The second kappa shape index (κ2) is 8.70. The zero-order valence-electron chi connectivity index (χ0n) is 13.6. The molecule has 2 nitrogen and oxygen atoms in total. The van der Waals surface area contributed by atoms with Crippen LogP contribution in [0.2, 0.25) is 0 Å². The van der Waals surface area contributed by atoms with Crippen molar-refractivity contribution in [3.8, 4) is 5.75 Å². The molecule has 0 spiro atoms. The summed E-state index contributed by atoms with van der Waals surface area (Å²) in [4.78, 5) is 0. The highest BCUT2D eigenvalue weighted by Crippen LogP contribution is 2.29. The van der Waals surface area contributed by atoms with Gasteiger partial charge in [0.2, 0.25) is 0 Å². The van der Waals surface area contributed by atoms with Gasteiger partial charge in [-0.2, -0.15) is 11.8 Å². The molecule has 0 radical (unpaired) electrons. The SMILES string of the molecule is CCCNC(CSCC(C)C)c1cccc(OC2CC2)c1. The van der Waals surface area contributed by atoms with E-state index < -0.39 is 0 Å². The van der Waals surface area contributed by atoms with E-state index in [9.17, 15) is 0 Å². The Morgan fingerprint density at radius 1 is 1.29 bits per heavy atom. The van der Waals surface area contributed by atoms with Crippen LogP contribution in [-0.4, -0.2) is 24.2 Å². The van der Waals surface area contributed by atoms with Crippen LogP contribution in [0.1, 0.15) is 51.6 Å². The average molecular weight is 308 g/mol. The number of nitrogens with one attached hydrogen (secondary N) is 1. The second-order valence-corrected chi connectivity index (χ2v) is 7.40. The molecule has 1 saturated carbocycles. The quantitative estimate of drug-likeness (QED) is 0.679. The highest BCUT2D eigenvalue weighted by molar-refractivity contribution is 7.99. The lowest BCUT2D eigenvalue weighted by atomic mass is 10.1. The van der Waals surface area contributed by atoms with E-state index in [4.69, 9.17) is 4.74 Å². The molecular formula is C18H29NOS. The van der Waals surface area contributed by atoms with Gasteiger partial charge >= 0.3 is 0 Å². The monoisotopic (exact) mass is 307 g/mol. The second-order valence-electron chi connectivity index (χ2n) is 6.33. The highest BCUT2D eigenvalue weighted by atomic mass is 32.2. The number of benzene rings is 1. The predicted octanol–water partition coefficient (Wildman–Crippen LogP) is 4.66. The highest BCUT2D eigenvalue weighted by Gasteiger charge is 2.23. The van der Waals surface area contributed by atoms with Crippen LogP contribution in [0.4, 0.5) is 0 Å². The summed E-state index contributed by atoms with van der Waals surface area (Å²) < 4.78 is 5.93. The van der Waals surface area contributed by atoms with Gasteiger partial charge in [0.15, 0.2) is 0 Å². The Balaban J connectivity index is 1.96. The van der Waals surface area contributed by atoms with Crippen molar-refractivity contribution in [3.05, 3.63) is 29.8 Å². The molecule has 1 atom stereocenters. The van der Waals surface area contributed by atoms with E-state index in [1.54, 1.807) is 0 Å². The maximum absolute atomic E-state index is 5.93. The van der Waals surface area contributed by atoms with Crippen LogP contribution in [0.15, 0.2) is 24.3 Å². The van der Waals surface area contributed by atoms with Gasteiger partial charge in [-0.25, -0.2) is 0 Å². The van der Waals surface area contributed by atoms with E-state index in [0.29, 0.717) is 12.1 Å². The molecule has 0 aliphatic heterocycles. The molecule has 1 aliphatic carbocycles. The van der Waals surface area contributed by atoms with Gasteiger partial charge < -0.3 is 10.1 Å². The molecule has 1 aromatic carbocycles. The third-order valence-corrected chi connectivity index (χ3v) is 4.94. The minimum absolute atomic E-state index is 0.427.